The number of aryl methyl sites for hydroxylation is 2. The first kappa shape index (κ1) is 24.5. The highest BCUT2D eigenvalue weighted by atomic mass is 19.4. The Hall–Kier alpha value is -3.66. The summed E-state index contributed by atoms with van der Waals surface area (Å²) in [6, 6.07) is 13.5. The minimum absolute atomic E-state index is 0.0168. The Morgan fingerprint density at radius 2 is 1.86 bits per heavy atom. The minimum Gasteiger partial charge on any atom is -0.374 e. The van der Waals surface area contributed by atoms with E-state index in [0.29, 0.717) is 6.42 Å². The molecule has 2 aromatic heterocycles. The number of rotatable bonds is 8. The molecule has 184 valence electrons. The lowest BCUT2D eigenvalue weighted by Crippen LogP contribution is -2.46. The van der Waals surface area contributed by atoms with E-state index >= 15 is 0 Å². The SMILES string of the molecule is Cn1ccnc1C(O)(CCNC(=O)CCc1c(-c2ccc(F)cc2)[nH]c2ccccc12)C(F)(F)F. The van der Waals surface area contributed by atoms with Gasteiger partial charge in [-0.1, -0.05) is 18.2 Å². The van der Waals surface area contributed by atoms with Crippen LogP contribution in [0.1, 0.15) is 24.2 Å². The van der Waals surface area contributed by atoms with Crippen LogP contribution in [-0.2, 0) is 23.9 Å². The molecule has 35 heavy (non-hydrogen) atoms. The molecule has 3 N–H and O–H groups in total. The maximum Gasteiger partial charge on any atom is 0.424 e. The largest absolute Gasteiger partial charge is 0.424 e. The second-order valence-electron chi connectivity index (χ2n) is 8.35. The van der Waals surface area contributed by atoms with Gasteiger partial charge in [0.2, 0.25) is 11.5 Å². The highest BCUT2D eigenvalue weighted by molar-refractivity contribution is 5.91. The van der Waals surface area contributed by atoms with Gasteiger partial charge in [0, 0.05) is 55.4 Å². The third-order valence-corrected chi connectivity index (χ3v) is 6.02. The molecule has 1 atom stereocenters. The van der Waals surface area contributed by atoms with E-state index < -0.39 is 29.9 Å². The smallest absolute Gasteiger partial charge is 0.374 e. The predicted octanol–water partition coefficient (Wildman–Crippen LogP) is 4.60. The number of nitrogens with zero attached hydrogens (tertiary/aromatic N) is 2. The van der Waals surface area contributed by atoms with Gasteiger partial charge in [-0.05, 0) is 47.9 Å². The first-order valence-electron chi connectivity index (χ1n) is 11.0. The number of para-hydroxylation sites is 1. The number of nitrogens with one attached hydrogen (secondary N) is 2. The van der Waals surface area contributed by atoms with E-state index in [9.17, 15) is 27.5 Å². The number of aliphatic hydroxyl groups is 1. The summed E-state index contributed by atoms with van der Waals surface area (Å²) in [6.07, 6.45) is -2.94. The number of H-pyrrole nitrogens is 1. The summed E-state index contributed by atoms with van der Waals surface area (Å²) >= 11 is 0. The molecule has 0 fully saturated rings. The maximum absolute atomic E-state index is 13.6. The summed E-state index contributed by atoms with van der Waals surface area (Å²) < 4.78 is 55.4. The van der Waals surface area contributed by atoms with Gasteiger partial charge in [-0.3, -0.25) is 4.79 Å². The molecule has 1 amide bonds. The van der Waals surface area contributed by atoms with Gasteiger partial charge in [0.05, 0.1) is 0 Å². The number of hydrogen-bond acceptors (Lipinski definition) is 3. The summed E-state index contributed by atoms with van der Waals surface area (Å²) in [5.41, 5.74) is 0.0174. The predicted molar refractivity (Wildman–Crippen MR) is 123 cm³/mol. The zero-order chi connectivity index (χ0) is 25.2. The van der Waals surface area contributed by atoms with Crippen molar-refractivity contribution in [3.05, 3.63) is 78.1 Å². The van der Waals surface area contributed by atoms with Crippen molar-refractivity contribution < 1.29 is 27.5 Å². The van der Waals surface area contributed by atoms with Gasteiger partial charge in [0.1, 0.15) is 11.6 Å². The normalized spacial score (nSPS) is 13.7. The van der Waals surface area contributed by atoms with Gasteiger partial charge < -0.3 is 20.0 Å². The third kappa shape index (κ3) is 4.93. The van der Waals surface area contributed by atoms with Crippen molar-refractivity contribution in [3.8, 4) is 11.3 Å². The van der Waals surface area contributed by atoms with Crippen LogP contribution in [0.25, 0.3) is 22.2 Å². The molecule has 0 saturated heterocycles. The monoisotopic (exact) mass is 488 g/mol. The number of benzene rings is 2. The van der Waals surface area contributed by atoms with E-state index in [1.54, 1.807) is 12.1 Å². The molecule has 2 heterocycles. The van der Waals surface area contributed by atoms with E-state index in [-0.39, 0.29) is 18.8 Å². The van der Waals surface area contributed by atoms with Crippen LogP contribution >= 0.6 is 0 Å². The van der Waals surface area contributed by atoms with Gasteiger partial charge in [-0.2, -0.15) is 13.2 Å². The van der Waals surface area contributed by atoms with Crippen molar-refractivity contribution >= 4 is 16.8 Å². The van der Waals surface area contributed by atoms with Crippen LogP contribution in [0.4, 0.5) is 17.6 Å². The number of carbonyl (C=O) groups is 1. The van der Waals surface area contributed by atoms with Crippen molar-refractivity contribution in [1.29, 1.82) is 0 Å². The molecule has 0 aliphatic rings. The second kappa shape index (κ2) is 9.53. The second-order valence-corrected chi connectivity index (χ2v) is 8.35. The molecule has 0 saturated carbocycles. The molecule has 0 aliphatic carbocycles. The lowest BCUT2D eigenvalue weighted by molar-refractivity contribution is -0.272. The highest BCUT2D eigenvalue weighted by Gasteiger charge is 2.57. The fraction of sp³-hybridized carbons (Fsp3) is 0.280. The summed E-state index contributed by atoms with van der Waals surface area (Å²) in [7, 11) is 1.36. The van der Waals surface area contributed by atoms with E-state index in [2.05, 4.69) is 15.3 Å². The van der Waals surface area contributed by atoms with Gasteiger partial charge in [0.15, 0.2) is 0 Å². The molecule has 0 bridgehead atoms. The van der Waals surface area contributed by atoms with E-state index in [0.717, 1.165) is 32.3 Å². The van der Waals surface area contributed by atoms with Crippen molar-refractivity contribution in [2.75, 3.05) is 6.54 Å². The zero-order valence-corrected chi connectivity index (χ0v) is 18.9. The molecule has 10 heteroatoms. The van der Waals surface area contributed by atoms with Crippen molar-refractivity contribution in [3.63, 3.8) is 0 Å². The quantitative estimate of drug-likeness (QED) is 0.317. The number of hydrogen-bond donors (Lipinski definition) is 3. The Morgan fingerprint density at radius 3 is 2.51 bits per heavy atom. The van der Waals surface area contributed by atoms with Gasteiger partial charge in [0.25, 0.3) is 0 Å². The molecule has 0 radical (unpaired) electrons. The number of aromatic nitrogens is 3. The summed E-state index contributed by atoms with van der Waals surface area (Å²) in [6.45, 7) is -0.388. The molecular formula is C25H24F4N4O2. The first-order chi connectivity index (χ1) is 16.6. The van der Waals surface area contributed by atoms with Crippen LogP contribution in [0.2, 0.25) is 0 Å². The molecule has 0 aliphatic heterocycles. The molecule has 4 rings (SSSR count). The number of alkyl halides is 3. The average molecular weight is 488 g/mol. The Balaban J connectivity index is 1.45. The van der Waals surface area contributed by atoms with Crippen LogP contribution in [0.15, 0.2) is 60.9 Å². The number of imidazole rings is 1. The van der Waals surface area contributed by atoms with Gasteiger partial charge in [-0.25, -0.2) is 9.37 Å². The van der Waals surface area contributed by atoms with E-state index in [1.807, 2.05) is 24.3 Å². The fourth-order valence-electron chi connectivity index (χ4n) is 4.18. The van der Waals surface area contributed by atoms with Crippen molar-refractivity contribution in [2.45, 2.75) is 31.0 Å². The molecule has 4 aromatic rings. The van der Waals surface area contributed by atoms with Crippen LogP contribution < -0.4 is 5.32 Å². The molecule has 0 spiro atoms. The summed E-state index contributed by atoms with van der Waals surface area (Å²) in [5, 5.41) is 13.8. The topological polar surface area (TPSA) is 82.9 Å². The molecule has 2 aromatic carbocycles. The number of amides is 1. The highest BCUT2D eigenvalue weighted by Crippen LogP contribution is 2.40. The Kier molecular flexibility index (Phi) is 6.66. The van der Waals surface area contributed by atoms with Crippen molar-refractivity contribution in [2.24, 2.45) is 7.05 Å². The first-order valence-corrected chi connectivity index (χ1v) is 11.0. The summed E-state index contributed by atoms with van der Waals surface area (Å²) in [5.74, 6) is -1.36. The lowest BCUT2D eigenvalue weighted by Gasteiger charge is -2.30. The average Bonchev–Trinajstić information content (AvgIpc) is 3.41. The third-order valence-electron chi connectivity index (χ3n) is 6.02. The molecular weight excluding hydrogens is 464 g/mol. The van der Waals surface area contributed by atoms with Crippen LogP contribution in [0.3, 0.4) is 0 Å². The number of fused-ring (bicyclic) bond motifs is 1. The fourth-order valence-corrected chi connectivity index (χ4v) is 4.18. The van der Waals surface area contributed by atoms with E-state index in [4.69, 9.17) is 0 Å². The zero-order valence-electron chi connectivity index (χ0n) is 18.9. The maximum atomic E-state index is 13.6. The van der Waals surface area contributed by atoms with Crippen molar-refractivity contribution in [1.82, 2.24) is 19.9 Å². The van der Waals surface area contributed by atoms with Crippen LogP contribution in [0.5, 0.6) is 0 Å². The molecule has 6 nitrogen and oxygen atoms in total. The standard InChI is InChI=1S/C25H24F4N4O2/c1-33-15-14-31-23(33)24(35,25(27,28)29)12-13-30-21(34)11-10-19-18-4-2-3-5-20(18)32-22(19)16-6-8-17(26)9-7-16/h2-9,14-15,32,35H,10-13H2,1H3,(H,30,34). The van der Waals surface area contributed by atoms with Crippen LogP contribution in [-0.4, -0.2) is 38.3 Å². The number of carbonyl (C=O) groups excluding carboxylic acids is 1. The Labute approximate surface area is 198 Å². The number of aromatic amines is 1. The number of halogens is 4. The Morgan fingerprint density at radius 1 is 1.14 bits per heavy atom. The lowest BCUT2D eigenvalue weighted by atomic mass is 9.97. The Bertz CT molecular complexity index is 1330. The van der Waals surface area contributed by atoms with Crippen LogP contribution in [0, 0.1) is 5.82 Å². The van der Waals surface area contributed by atoms with Gasteiger partial charge >= 0.3 is 6.18 Å². The van der Waals surface area contributed by atoms with E-state index in [1.165, 1.54) is 31.6 Å². The summed E-state index contributed by atoms with van der Waals surface area (Å²) in [4.78, 5) is 19.5. The molecule has 1 unspecified atom stereocenters. The minimum atomic E-state index is -4.97. The van der Waals surface area contributed by atoms with Gasteiger partial charge in [-0.15, -0.1) is 0 Å².